The van der Waals surface area contributed by atoms with Gasteiger partial charge >= 0.3 is 0 Å². The lowest BCUT2D eigenvalue weighted by Gasteiger charge is -2.13. The second-order valence-electron chi connectivity index (χ2n) is 4.65. The van der Waals surface area contributed by atoms with Crippen molar-refractivity contribution in [2.45, 2.75) is 4.90 Å². The van der Waals surface area contributed by atoms with Crippen LogP contribution in [0.1, 0.15) is 0 Å². The normalized spacial score (nSPS) is 11.3. The molecule has 0 aliphatic heterocycles. The number of sulfonamides is 1. The molecular weight excluding hydrogens is 338 g/mol. The lowest BCUT2D eigenvalue weighted by molar-refractivity contribution is 0.397. The molecule has 0 unspecified atom stereocenters. The van der Waals surface area contributed by atoms with Gasteiger partial charge in [0.2, 0.25) is 10.0 Å². The Balaban J connectivity index is 2.41. The SMILES string of the molecule is COc1cccc(OC)c1-c1ccc(S(=O)(=O)NCCCl)cc1. The predicted octanol–water partition coefficient (Wildman–Crippen LogP) is 2.89. The van der Waals surface area contributed by atoms with Gasteiger partial charge in [0.25, 0.3) is 0 Å². The Morgan fingerprint density at radius 2 is 1.57 bits per heavy atom. The van der Waals surface area contributed by atoms with Crippen molar-refractivity contribution in [3.05, 3.63) is 42.5 Å². The Morgan fingerprint density at radius 3 is 2.04 bits per heavy atom. The summed E-state index contributed by atoms with van der Waals surface area (Å²) in [6, 6.07) is 12.0. The number of hydrogen-bond acceptors (Lipinski definition) is 4. The third-order valence-corrected chi connectivity index (χ3v) is 4.93. The molecule has 0 bridgehead atoms. The summed E-state index contributed by atoms with van der Waals surface area (Å²) >= 11 is 5.51. The van der Waals surface area contributed by atoms with E-state index in [1.165, 1.54) is 12.1 Å². The average molecular weight is 356 g/mol. The van der Waals surface area contributed by atoms with Crippen LogP contribution in [0.15, 0.2) is 47.4 Å². The Bertz CT molecular complexity index is 738. The first-order valence-corrected chi connectivity index (χ1v) is 8.92. The third-order valence-electron chi connectivity index (χ3n) is 3.27. The topological polar surface area (TPSA) is 64.6 Å². The van der Waals surface area contributed by atoms with E-state index in [-0.39, 0.29) is 17.3 Å². The number of halogens is 1. The van der Waals surface area contributed by atoms with E-state index in [1.54, 1.807) is 26.4 Å². The van der Waals surface area contributed by atoms with Crippen molar-refractivity contribution in [3.63, 3.8) is 0 Å². The lowest BCUT2D eigenvalue weighted by Crippen LogP contribution is -2.25. The molecule has 0 spiro atoms. The summed E-state index contributed by atoms with van der Waals surface area (Å²) < 4.78 is 37.3. The van der Waals surface area contributed by atoms with Crippen LogP contribution in [-0.2, 0) is 10.0 Å². The maximum atomic E-state index is 12.1. The predicted molar refractivity (Wildman–Crippen MR) is 90.9 cm³/mol. The zero-order valence-corrected chi connectivity index (χ0v) is 14.4. The first-order valence-electron chi connectivity index (χ1n) is 6.90. The van der Waals surface area contributed by atoms with E-state index in [1.807, 2.05) is 18.2 Å². The fourth-order valence-electron chi connectivity index (χ4n) is 2.19. The van der Waals surface area contributed by atoms with Gasteiger partial charge in [-0.15, -0.1) is 11.6 Å². The number of nitrogens with one attached hydrogen (secondary N) is 1. The summed E-state index contributed by atoms with van der Waals surface area (Å²) in [6.45, 7) is 0.186. The molecule has 2 aromatic carbocycles. The molecule has 23 heavy (non-hydrogen) atoms. The molecule has 2 aromatic rings. The van der Waals surface area contributed by atoms with E-state index < -0.39 is 10.0 Å². The highest BCUT2D eigenvalue weighted by Crippen LogP contribution is 2.38. The summed E-state index contributed by atoms with van der Waals surface area (Å²) in [7, 11) is -0.397. The van der Waals surface area contributed by atoms with Gasteiger partial charge in [0.1, 0.15) is 11.5 Å². The maximum absolute atomic E-state index is 12.1. The average Bonchev–Trinajstić information content (AvgIpc) is 2.59. The molecule has 0 atom stereocenters. The van der Waals surface area contributed by atoms with Crippen LogP contribution in [0.2, 0.25) is 0 Å². The first kappa shape index (κ1) is 17.6. The Hall–Kier alpha value is -1.76. The minimum Gasteiger partial charge on any atom is -0.496 e. The second-order valence-corrected chi connectivity index (χ2v) is 6.79. The number of ether oxygens (including phenoxy) is 2. The largest absolute Gasteiger partial charge is 0.496 e. The number of benzene rings is 2. The molecule has 7 heteroatoms. The van der Waals surface area contributed by atoms with E-state index in [0.717, 1.165) is 11.1 Å². The van der Waals surface area contributed by atoms with E-state index in [0.29, 0.717) is 11.5 Å². The molecule has 0 aromatic heterocycles. The Kier molecular flexibility index (Phi) is 5.87. The van der Waals surface area contributed by atoms with Crippen molar-refractivity contribution in [2.75, 3.05) is 26.6 Å². The molecule has 0 heterocycles. The fraction of sp³-hybridized carbons (Fsp3) is 0.250. The summed E-state index contributed by atoms with van der Waals surface area (Å²) in [6.07, 6.45) is 0. The van der Waals surface area contributed by atoms with E-state index >= 15 is 0 Å². The molecule has 0 radical (unpaired) electrons. The van der Waals surface area contributed by atoms with Gasteiger partial charge in [-0.3, -0.25) is 0 Å². The van der Waals surface area contributed by atoms with Crippen molar-refractivity contribution in [2.24, 2.45) is 0 Å². The molecule has 124 valence electrons. The molecule has 0 fully saturated rings. The van der Waals surface area contributed by atoms with Crippen molar-refractivity contribution in [3.8, 4) is 22.6 Å². The standard InChI is InChI=1S/C16H18ClNO4S/c1-21-14-4-3-5-15(22-2)16(14)12-6-8-13(9-7-12)23(19,20)18-11-10-17/h3-9,18H,10-11H2,1-2H3. The first-order chi connectivity index (χ1) is 11.0. The highest BCUT2D eigenvalue weighted by atomic mass is 35.5. The number of alkyl halides is 1. The van der Waals surface area contributed by atoms with Crippen LogP contribution >= 0.6 is 11.6 Å². The quantitative estimate of drug-likeness (QED) is 0.776. The molecule has 1 N–H and O–H groups in total. The molecular formula is C16H18ClNO4S. The van der Waals surface area contributed by atoms with Gasteiger partial charge in [0.15, 0.2) is 0 Å². The number of methoxy groups -OCH3 is 2. The van der Waals surface area contributed by atoms with Gasteiger partial charge in [-0.05, 0) is 29.8 Å². The van der Waals surface area contributed by atoms with Crippen LogP contribution in [-0.4, -0.2) is 35.1 Å². The van der Waals surface area contributed by atoms with Crippen molar-refractivity contribution < 1.29 is 17.9 Å². The Morgan fingerprint density at radius 1 is 1.00 bits per heavy atom. The van der Waals surface area contributed by atoms with E-state index in [2.05, 4.69) is 4.72 Å². The summed E-state index contributed by atoms with van der Waals surface area (Å²) in [5.74, 6) is 1.52. The summed E-state index contributed by atoms with van der Waals surface area (Å²) in [5, 5.41) is 0. The molecule has 0 saturated carbocycles. The minimum absolute atomic E-state index is 0.181. The van der Waals surface area contributed by atoms with Gasteiger partial charge in [-0.1, -0.05) is 18.2 Å². The van der Waals surface area contributed by atoms with Crippen LogP contribution < -0.4 is 14.2 Å². The molecule has 0 saturated heterocycles. The molecule has 5 nitrogen and oxygen atoms in total. The molecule has 0 amide bonds. The highest BCUT2D eigenvalue weighted by Gasteiger charge is 2.16. The van der Waals surface area contributed by atoms with Crippen LogP contribution in [0.3, 0.4) is 0 Å². The third kappa shape index (κ3) is 3.96. The van der Waals surface area contributed by atoms with Gasteiger partial charge < -0.3 is 9.47 Å². The molecule has 0 aliphatic rings. The summed E-state index contributed by atoms with van der Waals surface area (Å²) in [4.78, 5) is 0.181. The highest BCUT2D eigenvalue weighted by molar-refractivity contribution is 7.89. The number of hydrogen-bond donors (Lipinski definition) is 1. The minimum atomic E-state index is -3.55. The van der Waals surface area contributed by atoms with E-state index in [9.17, 15) is 8.42 Å². The fourth-order valence-corrected chi connectivity index (χ4v) is 3.43. The van der Waals surface area contributed by atoms with Gasteiger partial charge in [0, 0.05) is 12.4 Å². The maximum Gasteiger partial charge on any atom is 0.240 e. The van der Waals surface area contributed by atoms with Crippen LogP contribution in [0.4, 0.5) is 0 Å². The van der Waals surface area contributed by atoms with Crippen molar-refractivity contribution in [1.29, 1.82) is 0 Å². The van der Waals surface area contributed by atoms with Crippen LogP contribution in [0.25, 0.3) is 11.1 Å². The van der Waals surface area contributed by atoms with Gasteiger partial charge in [0.05, 0.1) is 24.7 Å². The zero-order valence-electron chi connectivity index (χ0n) is 12.9. The molecule has 2 rings (SSSR count). The molecule has 0 aliphatic carbocycles. The van der Waals surface area contributed by atoms with Gasteiger partial charge in [-0.25, -0.2) is 13.1 Å². The monoisotopic (exact) mass is 355 g/mol. The smallest absolute Gasteiger partial charge is 0.240 e. The van der Waals surface area contributed by atoms with Gasteiger partial charge in [-0.2, -0.15) is 0 Å². The second kappa shape index (κ2) is 7.68. The van der Waals surface area contributed by atoms with Crippen molar-refractivity contribution in [1.82, 2.24) is 4.72 Å². The van der Waals surface area contributed by atoms with Crippen LogP contribution in [0.5, 0.6) is 11.5 Å². The van der Waals surface area contributed by atoms with Crippen molar-refractivity contribution >= 4 is 21.6 Å². The Labute approximate surface area is 141 Å². The van der Waals surface area contributed by atoms with E-state index in [4.69, 9.17) is 21.1 Å². The lowest BCUT2D eigenvalue weighted by atomic mass is 10.0. The zero-order chi connectivity index (χ0) is 16.9. The van der Waals surface area contributed by atoms with Crippen LogP contribution in [0, 0.1) is 0 Å². The summed E-state index contributed by atoms with van der Waals surface area (Å²) in [5.41, 5.74) is 1.57. The number of rotatable bonds is 7.